The van der Waals surface area contributed by atoms with E-state index in [1.165, 1.54) is 0 Å². The van der Waals surface area contributed by atoms with Gasteiger partial charge in [0.15, 0.2) is 0 Å². The fourth-order valence-corrected chi connectivity index (χ4v) is 2.33. The van der Waals surface area contributed by atoms with Crippen LogP contribution in [0.25, 0.3) is 6.08 Å². The van der Waals surface area contributed by atoms with Crippen molar-refractivity contribution >= 4 is 34.6 Å². The van der Waals surface area contributed by atoms with Crippen molar-refractivity contribution < 1.29 is 4.79 Å². The normalized spacial score (nSPS) is 12.3. The van der Waals surface area contributed by atoms with Crippen LogP contribution in [0.1, 0.15) is 24.1 Å². The van der Waals surface area contributed by atoms with Gasteiger partial charge in [-0.2, -0.15) is 5.26 Å². The van der Waals surface area contributed by atoms with Crippen LogP contribution in [0.3, 0.4) is 0 Å². The highest BCUT2D eigenvalue weighted by Gasteiger charge is 2.13. The van der Waals surface area contributed by atoms with Gasteiger partial charge in [0.25, 0.3) is 5.91 Å². The highest BCUT2D eigenvalue weighted by molar-refractivity contribution is 14.1. The molecule has 1 atom stereocenters. The van der Waals surface area contributed by atoms with E-state index in [0.29, 0.717) is 0 Å². The molecule has 0 spiro atoms. The van der Waals surface area contributed by atoms with Gasteiger partial charge in [-0.05, 0) is 58.9 Å². The summed E-state index contributed by atoms with van der Waals surface area (Å²) >= 11 is 2.21. The zero-order chi connectivity index (χ0) is 15.9. The van der Waals surface area contributed by atoms with Crippen LogP contribution >= 0.6 is 22.6 Å². The lowest BCUT2D eigenvalue weighted by molar-refractivity contribution is -0.117. The molecule has 3 nitrogen and oxygen atoms in total. The summed E-state index contributed by atoms with van der Waals surface area (Å²) in [6.07, 6.45) is 1.60. The molecule has 0 saturated carbocycles. The number of carbonyl (C=O) groups is 1. The summed E-state index contributed by atoms with van der Waals surface area (Å²) in [4.78, 5) is 12.2. The molecule has 22 heavy (non-hydrogen) atoms. The molecule has 0 bridgehead atoms. The number of halogens is 1. The molecule has 4 heteroatoms. The second-order valence-electron chi connectivity index (χ2n) is 4.83. The van der Waals surface area contributed by atoms with E-state index >= 15 is 0 Å². The predicted octanol–water partition coefficient (Wildman–Crippen LogP) is 4.08. The molecule has 0 radical (unpaired) electrons. The first-order chi connectivity index (χ1) is 10.6. The van der Waals surface area contributed by atoms with Crippen molar-refractivity contribution in [2.24, 2.45) is 0 Å². The van der Waals surface area contributed by atoms with Gasteiger partial charge in [-0.25, -0.2) is 0 Å². The number of rotatable bonds is 4. The fourth-order valence-electron chi connectivity index (χ4n) is 1.97. The molecule has 2 aromatic carbocycles. The van der Waals surface area contributed by atoms with Crippen LogP contribution in [-0.2, 0) is 4.79 Å². The van der Waals surface area contributed by atoms with E-state index in [0.717, 1.165) is 14.7 Å². The van der Waals surface area contributed by atoms with Gasteiger partial charge in [-0.15, -0.1) is 0 Å². The summed E-state index contributed by atoms with van der Waals surface area (Å²) in [5, 5.41) is 12.1. The lowest BCUT2D eigenvalue weighted by Crippen LogP contribution is -2.27. The second kappa shape index (κ2) is 7.76. The van der Waals surface area contributed by atoms with Crippen LogP contribution in [-0.4, -0.2) is 5.91 Å². The number of hydrogen-bond acceptors (Lipinski definition) is 2. The summed E-state index contributed by atoms with van der Waals surface area (Å²) in [5.41, 5.74) is 1.94. The Bertz CT molecular complexity index is 715. The van der Waals surface area contributed by atoms with Gasteiger partial charge in [-0.3, -0.25) is 4.79 Å². The van der Waals surface area contributed by atoms with Crippen molar-refractivity contribution in [3.8, 4) is 6.07 Å². The SMILES string of the molecule is C[C@H](NC(=O)/C(C#N)=C\c1ccc(I)cc1)c1ccccc1. The third-order valence-corrected chi connectivity index (χ3v) is 3.91. The van der Waals surface area contributed by atoms with Crippen LogP contribution in [0.5, 0.6) is 0 Å². The van der Waals surface area contributed by atoms with Crippen LogP contribution in [0, 0.1) is 14.9 Å². The summed E-state index contributed by atoms with van der Waals surface area (Å²) in [5.74, 6) is -0.364. The zero-order valence-electron chi connectivity index (χ0n) is 12.1. The molecule has 2 aromatic rings. The molecule has 0 saturated heterocycles. The Balaban J connectivity index is 2.12. The molecule has 0 aliphatic heterocycles. The minimum Gasteiger partial charge on any atom is -0.345 e. The molecule has 1 N–H and O–H groups in total. The lowest BCUT2D eigenvalue weighted by atomic mass is 10.1. The number of nitrogens with one attached hydrogen (secondary N) is 1. The van der Waals surface area contributed by atoms with E-state index in [1.54, 1.807) is 6.08 Å². The molecule has 1 amide bonds. The summed E-state index contributed by atoms with van der Waals surface area (Å²) in [6, 6.07) is 19.1. The minimum atomic E-state index is -0.364. The monoisotopic (exact) mass is 402 g/mol. The molecule has 0 aliphatic carbocycles. The highest BCUT2D eigenvalue weighted by Crippen LogP contribution is 2.14. The van der Waals surface area contributed by atoms with Crippen molar-refractivity contribution in [1.29, 1.82) is 5.26 Å². The van der Waals surface area contributed by atoms with Gasteiger partial charge < -0.3 is 5.32 Å². The van der Waals surface area contributed by atoms with Crippen molar-refractivity contribution in [2.75, 3.05) is 0 Å². The molecular formula is C18H15IN2O. The topological polar surface area (TPSA) is 52.9 Å². The Morgan fingerprint density at radius 2 is 1.82 bits per heavy atom. The van der Waals surface area contributed by atoms with Gasteiger partial charge in [0.1, 0.15) is 11.6 Å². The number of nitriles is 1. The Labute approximate surface area is 143 Å². The zero-order valence-corrected chi connectivity index (χ0v) is 14.2. The van der Waals surface area contributed by atoms with E-state index in [1.807, 2.05) is 67.6 Å². The fraction of sp³-hybridized carbons (Fsp3) is 0.111. The summed E-state index contributed by atoms with van der Waals surface area (Å²) in [6.45, 7) is 1.90. The molecule has 110 valence electrons. The van der Waals surface area contributed by atoms with E-state index in [4.69, 9.17) is 0 Å². The van der Waals surface area contributed by atoms with Gasteiger partial charge in [0, 0.05) is 3.57 Å². The number of nitrogens with zero attached hydrogens (tertiary/aromatic N) is 1. The maximum atomic E-state index is 12.2. The first-order valence-electron chi connectivity index (χ1n) is 6.83. The minimum absolute atomic E-state index is 0.101. The molecule has 0 heterocycles. The average molecular weight is 402 g/mol. The van der Waals surface area contributed by atoms with E-state index in [9.17, 15) is 10.1 Å². The number of carbonyl (C=O) groups excluding carboxylic acids is 1. The van der Waals surface area contributed by atoms with Gasteiger partial charge in [0.05, 0.1) is 6.04 Å². The molecule has 0 unspecified atom stereocenters. The van der Waals surface area contributed by atoms with Crippen molar-refractivity contribution in [1.82, 2.24) is 5.32 Å². The Kier molecular flexibility index (Phi) is 5.73. The van der Waals surface area contributed by atoms with E-state index < -0.39 is 0 Å². The lowest BCUT2D eigenvalue weighted by Gasteiger charge is -2.13. The van der Waals surface area contributed by atoms with Crippen LogP contribution < -0.4 is 5.32 Å². The van der Waals surface area contributed by atoms with Crippen LogP contribution in [0.15, 0.2) is 60.2 Å². The maximum Gasteiger partial charge on any atom is 0.262 e. The van der Waals surface area contributed by atoms with Crippen LogP contribution in [0.2, 0.25) is 0 Å². The molecule has 0 aliphatic rings. The number of amides is 1. The maximum absolute atomic E-state index is 12.2. The van der Waals surface area contributed by atoms with E-state index in [2.05, 4.69) is 27.9 Å². The first kappa shape index (κ1) is 16.2. The predicted molar refractivity (Wildman–Crippen MR) is 95.7 cm³/mol. The van der Waals surface area contributed by atoms with Gasteiger partial charge >= 0.3 is 0 Å². The largest absolute Gasteiger partial charge is 0.345 e. The highest BCUT2D eigenvalue weighted by atomic mass is 127. The van der Waals surface area contributed by atoms with E-state index in [-0.39, 0.29) is 17.5 Å². The first-order valence-corrected chi connectivity index (χ1v) is 7.91. The average Bonchev–Trinajstić information content (AvgIpc) is 2.55. The smallest absolute Gasteiger partial charge is 0.262 e. The van der Waals surface area contributed by atoms with Crippen molar-refractivity contribution in [3.63, 3.8) is 0 Å². The Morgan fingerprint density at radius 3 is 2.41 bits per heavy atom. The summed E-state index contributed by atoms with van der Waals surface area (Å²) < 4.78 is 1.11. The third kappa shape index (κ3) is 4.43. The molecule has 0 fully saturated rings. The summed E-state index contributed by atoms with van der Waals surface area (Å²) in [7, 11) is 0. The number of hydrogen-bond donors (Lipinski definition) is 1. The second-order valence-corrected chi connectivity index (χ2v) is 6.07. The van der Waals surface area contributed by atoms with Crippen LogP contribution in [0.4, 0.5) is 0 Å². The Morgan fingerprint density at radius 1 is 1.18 bits per heavy atom. The standard InChI is InChI=1S/C18H15IN2O/c1-13(15-5-3-2-4-6-15)21-18(22)16(12-20)11-14-7-9-17(19)10-8-14/h2-11,13H,1H3,(H,21,22)/b16-11-/t13-/m0/s1. The van der Waals surface area contributed by atoms with Gasteiger partial charge in [0.2, 0.25) is 0 Å². The molecule has 2 rings (SSSR count). The number of benzene rings is 2. The third-order valence-electron chi connectivity index (χ3n) is 3.19. The molecular weight excluding hydrogens is 387 g/mol. The van der Waals surface area contributed by atoms with Crippen molar-refractivity contribution in [2.45, 2.75) is 13.0 Å². The molecule has 0 aromatic heterocycles. The van der Waals surface area contributed by atoms with Crippen molar-refractivity contribution in [3.05, 3.63) is 74.9 Å². The quantitative estimate of drug-likeness (QED) is 0.476. The van der Waals surface area contributed by atoms with Gasteiger partial charge in [-0.1, -0.05) is 42.5 Å². The Hall–Kier alpha value is -2.13.